The van der Waals surface area contributed by atoms with Crippen LogP contribution in [0.2, 0.25) is 0 Å². The molecule has 0 aliphatic heterocycles. The highest BCUT2D eigenvalue weighted by Gasteiger charge is 2.16. The summed E-state index contributed by atoms with van der Waals surface area (Å²) >= 11 is 0. The normalized spacial score (nSPS) is 10.8. The second-order valence-electron chi connectivity index (χ2n) is 4.97. The molecule has 108 valence electrons. The molecule has 0 saturated carbocycles. The standard InChI is InChI=1S/C17H19N3O/c1-18-10-8-13-11-6-4-5-7-12(11)17(21)16(20-3)15(13)14(9-10)19-2/h4-9,18-21H,1-3H3. The maximum atomic E-state index is 10.6. The Labute approximate surface area is 123 Å². The molecule has 0 atom stereocenters. The SMILES string of the molecule is CNc1cc(NC)c2c(NC)c(O)c3ccccc3c2c1. The molecule has 0 spiro atoms. The summed E-state index contributed by atoms with van der Waals surface area (Å²) in [6.07, 6.45) is 0. The van der Waals surface area contributed by atoms with Gasteiger partial charge in [-0.15, -0.1) is 0 Å². The fourth-order valence-electron chi connectivity index (χ4n) is 2.89. The van der Waals surface area contributed by atoms with Crippen molar-refractivity contribution in [2.75, 3.05) is 37.1 Å². The minimum absolute atomic E-state index is 0.286. The van der Waals surface area contributed by atoms with Crippen molar-refractivity contribution in [3.8, 4) is 5.75 Å². The van der Waals surface area contributed by atoms with Gasteiger partial charge in [-0.2, -0.15) is 0 Å². The summed E-state index contributed by atoms with van der Waals surface area (Å²) in [4.78, 5) is 0. The quantitative estimate of drug-likeness (QED) is 0.435. The molecule has 0 aromatic heterocycles. The van der Waals surface area contributed by atoms with E-state index < -0.39 is 0 Å². The van der Waals surface area contributed by atoms with Crippen LogP contribution in [0.4, 0.5) is 17.1 Å². The Balaban J connectivity index is 2.60. The lowest BCUT2D eigenvalue weighted by atomic mass is 9.97. The molecule has 0 bridgehead atoms. The topological polar surface area (TPSA) is 56.3 Å². The summed E-state index contributed by atoms with van der Waals surface area (Å²) in [6.45, 7) is 0. The van der Waals surface area contributed by atoms with Crippen LogP contribution in [0.15, 0.2) is 36.4 Å². The number of phenols is 1. The zero-order valence-corrected chi connectivity index (χ0v) is 12.4. The molecule has 0 heterocycles. The number of aromatic hydroxyl groups is 1. The number of hydrogen-bond acceptors (Lipinski definition) is 4. The molecule has 3 aromatic rings. The van der Waals surface area contributed by atoms with Gasteiger partial charge in [0.1, 0.15) is 5.75 Å². The average molecular weight is 281 g/mol. The summed E-state index contributed by atoms with van der Waals surface area (Å²) in [7, 11) is 5.62. The van der Waals surface area contributed by atoms with Crippen molar-refractivity contribution >= 4 is 38.6 Å². The van der Waals surface area contributed by atoms with Gasteiger partial charge in [-0.05, 0) is 22.9 Å². The molecule has 0 saturated heterocycles. The third-order valence-corrected chi connectivity index (χ3v) is 3.91. The van der Waals surface area contributed by atoms with Gasteiger partial charge >= 0.3 is 0 Å². The second kappa shape index (κ2) is 5.05. The molecule has 0 radical (unpaired) electrons. The van der Waals surface area contributed by atoms with Crippen molar-refractivity contribution in [3.63, 3.8) is 0 Å². The van der Waals surface area contributed by atoms with Crippen LogP contribution in [0.5, 0.6) is 5.75 Å². The smallest absolute Gasteiger partial charge is 0.147 e. The van der Waals surface area contributed by atoms with Crippen LogP contribution in [0, 0.1) is 0 Å². The monoisotopic (exact) mass is 281 g/mol. The Morgan fingerprint density at radius 1 is 0.810 bits per heavy atom. The molecule has 0 unspecified atom stereocenters. The molecular weight excluding hydrogens is 262 g/mol. The van der Waals surface area contributed by atoms with Gasteiger partial charge < -0.3 is 21.1 Å². The number of fused-ring (bicyclic) bond motifs is 3. The number of nitrogens with one attached hydrogen (secondary N) is 3. The summed E-state index contributed by atoms with van der Waals surface area (Å²) in [5, 5.41) is 24.1. The molecule has 0 amide bonds. The van der Waals surface area contributed by atoms with E-state index in [1.54, 1.807) is 0 Å². The van der Waals surface area contributed by atoms with Gasteiger partial charge in [0.05, 0.1) is 5.69 Å². The van der Waals surface area contributed by atoms with Crippen LogP contribution >= 0.6 is 0 Å². The highest BCUT2D eigenvalue weighted by Crippen LogP contribution is 2.44. The second-order valence-corrected chi connectivity index (χ2v) is 4.97. The summed E-state index contributed by atoms with van der Waals surface area (Å²) in [5.41, 5.74) is 2.75. The summed E-state index contributed by atoms with van der Waals surface area (Å²) in [5.74, 6) is 0.286. The van der Waals surface area contributed by atoms with Gasteiger partial charge in [0.15, 0.2) is 0 Å². The maximum Gasteiger partial charge on any atom is 0.147 e. The first-order chi connectivity index (χ1) is 10.2. The fourth-order valence-corrected chi connectivity index (χ4v) is 2.89. The predicted molar refractivity (Wildman–Crippen MR) is 91.8 cm³/mol. The van der Waals surface area contributed by atoms with E-state index in [-0.39, 0.29) is 5.75 Å². The Morgan fingerprint density at radius 3 is 2.14 bits per heavy atom. The van der Waals surface area contributed by atoms with Crippen LogP contribution in [0.25, 0.3) is 21.5 Å². The first kappa shape index (κ1) is 13.4. The van der Waals surface area contributed by atoms with Crippen molar-refractivity contribution < 1.29 is 5.11 Å². The van der Waals surface area contributed by atoms with Gasteiger partial charge in [-0.1, -0.05) is 24.3 Å². The van der Waals surface area contributed by atoms with Crippen LogP contribution in [-0.4, -0.2) is 26.2 Å². The average Bonchev–Trinajstić information content (AvgIpc) is 2.54. The van der Waals surface area contributed by atoms with Gasteiger partial charge in [0.2, 0.25) is 0 Å². The third kappa shape index (κ3) is 1.91. The van der Waals surface area contributed by atoms with Crippen molar-refractivity contribution in [3.05, 3.63) is 36.4 Å². The first-order valence-corrected chi connectivity index (χ1v) is 6.96. The molecule has 0 aliphatic carbocycles. The molecule has 4 nitrogen and oxygen atoms in total. The maximum absolute atomic E-state index is 10.6. The minimum Gasteiger partial charge on any atom is -0.505 e. The van der Waals surface area contributed by atoms with Gasteiger partial charge in [0.25, 0.3) is 0 Å². The molecule has 0 aliphatic rings. The minimum atomic E-state index is 0.286. The molecule has 4 heteroatoms. The predicted octanol–water partition coefficient (Wildman–Crippen LogP) is 3.82. The van der Waals surface area contributed by atoms with E-state index in [0.717, 1.165) is 38.6 Å². The summed E-state index contributed by atoms with van der Waals surface area (Å²) < 4.78 is 0. The van der Waals surface area contributed by atoms with Crippen molar-refractivity contribution in [1.82, 2.24) is 0 Å². The number of anilines is 3. The van der Waals surface area contributed by atoms with Crippen molar-refractivity contribution in [1.29, 1.82) is 0 Å². The highest BCUT2D eigenvalue weighted by atomic mass is 16.3. The zero-order chi connectivity index (χ0) is 15.0. The molecular formula is C17H19N3O. The van der Waals surface area contributed by atoms with E-state index in [2.05, 4.69) is 22.0 Å². The van der Waals surface area contributed by atoms with Crippen LogP contribution in [0.1, 0.15) is 0 Å². The fraction of sp³-hybridized carbons (Fsp3) is 0.176. The Hall–Kier alpha value is -2.62. The lowest BCUT2D eigenvalue weighted by Gasteiger charge is -2.17. The Kier molecular flexibility index (Phi) is 3.22. The molecule has 4 N–H and O–H groups in total. The van der Waals surface area contributed by atoms with E-state index in [9.17, 15) is 5.11 Å². The van der Waals surface area contributed by atoms with E-state index in [1.807, 2.05) is 51.5 Å². The van der Waals surface area contributed by atoms with E-state index >= 15 is 0 Å². The first-order valence-electron chi connectivity index (χ1n) is 6.96. The van der Waals surface area contributed by atoms with Crippen LogP contribution in [0.3, 0.4) is 0 Å². The van der Waals surface area contributed by atoms with E-state index in [0.29, 0.717) is 0 Å². The largest absolute Gasteiger partial charge is 0.505 e. The van der Waals surface area contributed by atoms with Crippen LogP contribution < -0.4 is 16.0 Å². The molecule has 0 fully saturated rings. The summed E-state index contributed by atoms with van der Waals surface area (Å²) in [6, 6.07) is 12.1. The number of benzene rings is 3. The van der Waals surface area contributed by atoms with Gasteiger partial charge in [-0.25, -0.2) is 0 Å². The molecule has 3 aromatic carbocycles. The molecule has 21 heavy (non-hydrogen) atoms. The number of rotatable bonds is 3. The number of hydrogen-bond donors (Lipinski definition) is 4. The lowest BCUT2D eigenvalue weighted by Crippen LogP contribution is -1.98. The Morgan fingerprint density at radius 2 is 1.52 bits per heavy atom. The van der Waals surface area contributed by atoms with Crippen LogP contribution in [-0.2, 0) is 0 Å². The number of phenolic OH excluding ortho intramolecular Hbond substituents is 1. The Bertz CT molecular complexity index is 827. The van der Waals surface area contributed by atoms with E-state index in [4.69, 9.17) is 0 Å². The van der Waals surface area contributed by atoms with E-state index in [1.165, 1.54) is 0 Å². The van der Waals surface area contributed by atoms with Gasteiger partial charge in [-0.3, -0.25) is 0 Å². The zero-order valence-electron chi connectivity index (χ0n) is 12.4. The third-order valence-electron chi connectivity index (χ3n) is 3.91. The lowest BCUT2D eigenvalue weighted by molar-refractivity contribution is 0.484. The van der Waals surface area contributed by atoms with Gasteiger partial charge in [0, 0.05) is 43.3 Å². The van der Waals surface area contributed by atoms with Crippen molar-refractivity contribution in [2.45, 2.75) is 0 Å². The highest BCUT2D eigenvalue weighted by molar-refractivity contribution is 6.21. The van der Waals surface area contributed by atoms with Crippen molar-refractivity contribution in [2.24, 2.45) is 0 Å². The molecule has 3 rings (SSSR count).